The largest absolute Gasteiger partial charge is 0.362 e. The van der Waals surface area contributed by atoms with E-state index < -0.39 is 9.84 Å². The molecule has 0 radical (unpaired) electrons. The van der Waals surface area contributed by atoms with E-state index in [2.05, 4.69) is 11.4 Å². The lowest BCUT2D eigenvalue weighted by molar-refractivity contribution is -0.115. The predicted molar refractivity (Wildman–Crippen MR) is 95.2 cm³/mol. The second-order valence-corrected chi connectivity index (χ2v) is 7.95. The number of rotatable bonds is 4. The Morgan fingerprint density at radius 1 is 1.12 bits per heavy atom. The van der Waals surface area contributed by atoms with Crippen molar-refractivity contribution in [2.24, 2.45) is 0 Å². The first-order valence-corrected chi connectivity index (χ1v) is 9.76. The van der Waals surface area contributed by atoms with Gasteiger partial charge in [0.2, 0.25) is 5.91 Å². The number of sulfone groups is 1. The molecule has 1 amide bonds. The summed E-state index contributed by atoms with van der Waals surface area (Å²) in [5, 5.41) is 2.74. The zero-order valence-corrected chi connectivity index (χ0v) is 14.3. The lowest BCUT2D eigenvalue weighted by Crippen LogP contribution is -2.36. The van der Waals surface area contributed by atoms with Crippen LogP contribution in [0.2, 0.25) is 0 Å². The van der Waals surface area contributed by atoms with E-state index in [4.69, 9.17) is 0 Å². The number of amides is 1. The van der Waals surface area contributed by atoms with Crippen molar-refractivity contribution < 1.29 is 13.2 Å². The van der Waals surface area contributed by atoms with E-state index in [1.54, 1.807) is 18.2 Å². The zero-order valence-electron chi connectivity index (χ0n) is 13.5. The van der Waals surface area contributed by atoms with Crippen LogP contribution in [0.4, 0.5) is 11.4 Å². The molecule has 0 aliphatic carbocycles. The van der Waals surface area contributed by atoms with E-state index in [1.165, 1.54) is 11.6 Å². The summed E-state index contributed by atoms with van der Waals surface area (Å²) in [6.45, 7) is 1.02. The van der Waals surface area contributed by atoms with Crippen LogP contribution >= 0.6 is 0 Å². The lowest BCUT2D eigenvalue weighted by Gasteiger charge is -2.30. The maximum absolute atomic E-state index is 12.4. The van der Waals surface area contributed by atoms with Crippen molar-refractivity contribution in [1.82, 2.24) is 0 Å². The minimum absolute atomic E-state index is 0.136. The van der Waals surface area contributed by atoms with Crippen molar-refractivity contribution in [3.63, 3.8) is 0 Å². The van der Waals surface area contributed by atoms with Gasteiger partial charge in [-0.05, 0) is 36.6 Å². The van der Waals surface area contributed by atoms with Gasteiger partial charge in [0.05, 0.1) is 17.1 Å². The summed E-state index contributed by atoms with van der Waals surface area (Å²) in [5.74, 6) is -0.220. The Hall–Kier alpha value is -2.34. The second kappa shape index (κ2) is 6.65. The third-order valence-corrected chi connectivity index (χ3v) is 5.26. The maximum atomic E-state index is 12.4. The van der Waals surface area contributed by atoms with Gasteiger partial charge in [0.25, 0.3) is 0 Å². The van der Waals surface area contributed by atoms with Crippen LogP contribution in [-0.2, 0) is 21.1 Å². The van der Waals surface area contributed by atoms with Gasteiger partial charge in [0.15, 0.2) is 9.84 Å². The molecule has 6 heteroatoms. The Labute approximate surface area is 142 Å². The van der Waals surface area contributed by atoms with E-state index in [1.807, 2.05) is 23.1 Å². The van der Waals surface area contributed by atoms with Gasteiger partial charge in [-0.3, -0.25) is 4.79 Å². The Morgan fingerprint density at radius 3 is 2.62 bits per heavy atom. The van der Waals surface area contributed by atoms with E-state index in [-0.39, 0.29) is 17.3 Å². The van der Waals surface area contributed by atoms with Crippen molar-refractivity contribution in [1.29, 1.82) is 0 Å². The van der Waals surface area contributed by atoms with Gasteiger partial charge in [-0.15, -0.1) is 0 Å². The molecule has 0 saturated carbocycles. The van der Waals surface area contributed by atoms with Gasteiger partial charge < -0.3 is 10.2 Å². The van der Waals surface area contributed by atoms with Crippen molar-refractivity contribution in [2.45, 2.75) is 17.7 Å². The zero-order chi connectivity index (χ0) is 17.2. The van der Waals surface area contributed by atoms with Gasteiger partial charge in [-0.25, -0.2) is 8.42 Å². The molecule has 24 heavy (non-hydrogen) atoms. The number of fused-ring (bicyclic) bond motifs is 1. The molecule has 0 saturated heterocycles. The molecule has 1 N–H and O–H groups in total. The van der Waals surface area contributed by atoms with E-state index >= 15 is 0 Å². The molecule has 5 nitrogen and oxygen atoms in total. The molecule has 126 valence electrons. The Morgan fingerprint density at radius 2 is 1.83 bits per heavy atom. The van der Waals surface area contributed by atoms with Gasteiger partial charge in [0.1, 0.15) is 0 Å². The first-order valence-electron chi connectivity index (χ1n) is 7.87. The van der Waals surface area contributed by atoms with Crippen molar-refractivity contribution in [3.8, 4) is 0 Å². The summed E-state index contributed by atoms with van der Waals surface area (Å²) in [7, 11) is -3.39. The summed E-state index contributed by atoms with van der Waals surface area (Å²) < 4.78 is 23.7. The van der Waals surface area contributed by atoms with E-state index in [0.29, 0.717) is 5.69 Å². The fraction of sp³-hybridized carbons (Fsp3) is 0.278. The smallest absolute Gasteiger partial charge is 0.243 e. The van der Waals surface area contributed by atoms with Crippen LogP contribution in [-0.4, -0.2) is 33.7 Å². The number of hydrogen-bond acceptors (Lipinski definition) is 4. The molecule has 2 aromatic rings. The molecule has 1 heterocycles. The summed E-state index contributed by atoms with van der Waals surface area (Å²) in [4.78, 5) is 14.6. The highest BCUT2D eigenvalue weighted by Gasteiger charge is 2.20. The molecule has 0 unspecified atom stereocenters. The monoisotopic (exact) mass is 344 g/mol. The van der Waals surface area contributed by atoms with E-state index in [9.17, 15) is 13.2 Å². The topological polar surface area (TPSA) is 66.5 Å². The summed E-state index contributed by atoms with van der Waals surface area (Å²) in [5.41, 5.74) is 2.65. The van der Waals surface area contributed by atoms with Crippen LogP contribution in [0.25, 0.3) is 0 Å². The van der Waals surface area contributed by atoms with Gasteiger partial charge in [-0.2, -0.15) is 0 Å². The fourth-order valence-corrected chi connectivity index (χ4v) is 3.88. The number of carbonyl (C=O) groups is 1. The minimum Gasteiger partial charge on any atom is -0.362 e. The first kappa shape index (κ1) is 16.5. The fourth-order valence-electron chi connectivity index (χ4n) is 3.03. The van der Waals surface area contributed by atoms with Crippen molar-refractivity contribution in [2.75, 3.05) is 29.6 Å². The molecule has 0 aromatic heterocycles. The van der Waals surface area contributed by atoms with Crippen LogP contribution in [0.3, 0.4) is 0 Å². The summed E-state index contributed by atoms with van der Waals surface area (Å²) in [6.07, 6.45) is 3.16. The number of hydrogen-bond donors (Lipinski definition) is 1. The third-order valence-electron chi connectivity index (χ3n) is 4.10. The molecular formula is C18H20N2O3S. The lowest BCUT2D eigenvalue weighted by atomic mass is 10.0. The minimum atomic E-state index is -3.39. The standard InChI is InChI=1S/C18H20N2O3S/c1-24(22,23)17-11-5-3-9-15(17)19-18(21)13-20-12-6-8-14-7-2-4-10-16(14)20/h2-5,7,9-11H,6,8,12-13H2,1H3,(H,19,21). The van der Waals surface area contributed by atoms with Crippen molar-refractivity contribution >= 4 is 27.1 Å². The number of aryl methyl sites for hydroxylation is 1. The molecule has 3 rings (SSSR count). The average molecular weight is 344 g/mol. The molecule has 1 aliphatic heterocycles. The summed E-state index contributed by atoms with van der Waals surface area (Å²) >= 11 is 0. The molecular weight excluding hydrogens is 324 g/mol. The Kier molecular flexibility index (Phi) is 4.57. The number of carbonyl (C=O) groups excluding carboxylic acids is 1. The highest BCUT2D eigenvalue weighted by molar-refractivity contribution is 7.90. The van der Waals surface area contributed by atoms with Gasteiger partial charge in [-0.1, -0.05) is 30.3 Å². The van der Waals surface area contributed by atoms with Crippen LogP contribution in [0, 0.1) is 0 Å². The summed E-state index contributed by atoms with van der Waals surface area (Å²) in [6, 6.07) is 14.5. The highest BCUT2D eigenvalue weighted by Crippen LogP contribution is 2.26. The van der Waals surface area contributed by atoms with Crippen LogP contribution in [0.1, 0.15) is 12.0 Å². The molecule has 0 spiro atoms. The highest BCUT2D eigenvalue weighted by atomic mass is 32.2. The number of anilines is 2. The SMILES string of the molecule is CS(=O)(=O)c1ccccc1NC(=O)CN1CCCc2ccccc21. The Balaban J connectivity index is 1.77. The number of nitrogens with zero attached hydrogens (tertiary/aromatic N) is 1. The number of para-hydroxylation sites is 2. The second-order valence-electron chi connectivity index (χ2n) is 5.97. The molecule has 1 aliphatic rings. The first-order chi connectivity index (χ1) is 11.4. The predicted octanol–water partition coefficient (Wildman–Crippen LogP) is 2.48. The molecule has 2 aromatic carbocycles. The maximum Gasteiger partial charge on any atom is 0.243 e. The number of benzene rings is 2. The number of nitrogens with one attached hydrogen (secondary N) is 1. The van der Waals surface area contributed by atoms with Crippen molar-refractivity contribution in [3.05, 3.63) is 54.1 Å². The molecule has 0 bridgehead atoms. The average Bonchev–Trinajstić information content (AvgIpc) is 2.54. The van der Waals surface area contributed by atoms with E-state index in [0.717, 1.165) is 31.3 Å². The van der Waals surface area contributed by atoms with Crippen LogP contribution in [0.15, 0.2) is 53.4 Å². The Bertz CT molecular complexity index is 862. The third kappa shape index (κ3) is 3.59. The van der Waals surface area contributed by atoms with Crippen LogP contribution < -0.4 is 10.2 Å². The quantitative estimate of drug-likeness (QED) is 0.925. The molecule has 0 atom stereocenters. The molecule has 0 fully saturated rings. The van der Waals surface area contributed by atoms with Gasteiger partial charge in [0, 0.05) is 18.5 Å². The normalized spacial score (nSPS) is 14.1. The van der Waals surface area contributed by atoms with Gasteiger partial charge >= 0.3 is 0 Å². The van der Waals surface area contributed by atoms with Crippen LogP contribution in [0.5, 0.6) is 0 Å².